The summed E-state index contributed by atoms with van der Waals surface area (Å²) in [5.41, 5.74) is 0. The Morgan fingerprint density at radius 2 is 0.250 bits per heavy atom. The van der Waals surface area contributed by atoms with Crippen molar-refractivity contribution in [1.29, 1.82) is 0 Å². The van der Waals surface area contributed by atoms with Crippen LogP contribution in [0, 0.1) is 59.4 Å². The van der Waals surface area contributed by atoms with Crippen LogP contribution in [-0.4, -0.2) is 0 Å². The van der Waals surface area contributed by atoms with Gasteiger partial charge in [-0.05, 0) is 0 Å². The van der Waals surface area contributed by atoms with E-state index < -0.39 is 0 Å². The third kappa shape index (κ3) is 309. The normalized spacial score (nSPS) is 0. The fourth-order valence-corrected chi connectivity index (χ4v) is 0. The Labute approximate surface area is 193 Å². The summed E-state index contributed by atoms with van der Waals surface area (Å²) in [5.74, 6) is 0. The number of rotatable bonds is 0. The van der Waals surface area contributed by atoms with Crippen molar-refractivity contribution in [3.05, 3.63) is 59.4 Å². The van der Waals surface area contributed by atoms with Crippen LogP contribution in [0.3, 0.4) is 0 Å². The van der Waals surface area contributed by atoms with Gasteiger partial charge >= 0.3 is 102 Å². The third-order valence-corrected chi connectivity index (χ3v) is 0. The van der Waals surface area contributed by atoms with Crippen LogP contribution < -0.4 is 0 Å². The molecule has 0 fully saturated rings. The monoisotopic (exact) mass is 624 g/mol. The molecule has 0 bridgehead atoms. The van der Waals surface area contributed by atoms with Crippen molar-refractivity contribution in [3.63, 3.8) is 0 Å². The first-order valence-electron chi connectivity index (χ1n) is 0. The van der Waals surface area contributed by atoms with Crippen LogP contribution in [-0.2, 0) is 137 Å². The zero-order chi connectivity index (χ0) is 0. The minimum absolute atomic E-state index is 0. The Balaban J connectivity index is 0. The van der Waals surface area contributed by atoms with Gasteiger partial charge in [-0.15, -0.1) is 0 Å². The maximum atomic E-state index is 0. The third-order valence-electron chi connectivity index (χ3n) is 0. The average Bonchev–Trinajstić information content (AvgIpc) is 0. The second-order valence-corrected chi connectivity index (χ2v) is 0. The molecule has 144 valence electrons. The maximum absolute atomic E-state index is 0. The Morgan fingerprint density at radius 1 is 0.250 bits per heavy atom. The van der Waals surface area contributed by atoms with E-state index in [1.54, 1.807) is 0 Å². The molecule has 0 aliphatic rings. The van der Waals surface area contributed by atoms with Crippen molar-refractivity contribution in [1.82, 2.24) is 0 Å². The minimum Gasteiger partial charge on any atom is -0.358 e. The summed E-state index contributed by atoms with van der Waals surface area (Å²) in [6.45, 7) is 0. The van der Waals surface area contributed by atoms with Gasteiger partial charge in [0.1, 0.15) is 0 Å². The van der Waals surface area contributed by atoms with E-state index in [-0.39, 0.29) is 196 Å². The van der Waals surface area contributed by atoms with Crippen LogP contribution in [0.25, 0.3) is 0 Å². The molecule has 0 nitrogen and oxygen atoms in total. The van der Waals surface area contributed by atoms with Crippen LogP contribution in [0.5, 0.6) is 0 Å². The second kappa shape index (κ2) is 366. The molecule has 0 heterocycles. The predicted octanol–water partition coefficient (Wildman–Crippen LogP) is 3.58. The van der Waals surface area contributed by atoms with Gasteiger partial charge in [0, 0.05) is 34.1 Å². The van der Waals surface area contributed by atoms with Gasteiger partial charge in [0.05, 0.1) is 0 Å². The quantitative estimate of drug-likeness (QED) is 0.285. The van der Waals surface area contributed by atoms with E-state index in [4.69, 9.17) is 0 Å². The largest absolute Gasteiger partial charge is 2.00 e. The zero-order valence-corrected chi connectivity index (χ0v) is 17.9. The first kappa shape index (κ1) is 428. The molecule has 0 unspecified atom stereocenters. The van der Waals surface area contributed by atoms with Crippen LogP contribution in [0.1, 0.15) is 0 Å². The summed E-state index contributed by atoms with van der Waals surface area (Å²) in [5, 5.41) is 0. The standard InChI is InChI=1S/8CH3.8Cu/h8*1H3;;;;;;;;/q8*-1;;;4*+1;2*+2. The van der Waals surface area contributed by atoms with Crippen molar-refractivity contribution >= 4 is 0 Å². The second-order valence-electron chi connectivity index (χ2n) is 0. The summed E-state index contributed by atoms with van der Waals surface area (Å²) in [6, 6.07) is 0. The summed E-state index contributed by atoms with van der Waals surface area (Å²) in [6.07, 6.45) is 0. The van der Waals surface area contributed by atoms with Crippen molar-refractivity contribution in [2.24, 2.45) is 0 Å². The summed E-state index contributed by atoms with van der Waals surface area (Å²) < 4.78 is 0. The zero-order valence-electron chi connectivity index (χ0n) is 10.4. The van der Waals surface area contributed by atoms with Gasteiger partial charge in [0.2, 0.25) is 0 Å². The Hall–Kier alpha value is 4.16. The van der Waals surface area contributed by atoms with Gasteiger partial charge in [-0.2, -0.15) is 0 Å². The van der Waals surface area contributed by atoms with Crippen molar-refractivity contribution in [2.45, 2.75) is 0 Å². The molecule has 8 heteroatoms. The summed E-state index contributed by atoms with van der Waals surface area (Å²) >= 11 is 0. The van der Waals surface area contributed by atoms with Gasteiger partial charge in [-0.25, -0.2) is 0 Å². The molecule has 0 aromatic rings. The van der Waals surface area contributed by atoms with E-state index in [9.17, 15) is 0 Å². The molecule has 0 aromatic heterocycles. The maximum Gasteiger partial charge on any atom is 2.00 e. The fraction of sp³-hybridized carbons (Fsp3) is 0. The number of hydrogen-bond acceptors (Lipinski definition) is 0. The molecular weight excluding hydrogens is 604 g/mol. The SMILES string of the molecule is [CH3-].[CH3-].[CH3-].[CH3-].[CH3-].[CH3-].[CH3-].[CH3-].[Cu+2].[Cu+2].[Cu+].[Cu+].[Cu+].[Cu+].[Cu].[Cu]. The molecule has 0 saturated carbocycles. The first-order chi connectivity index (χ1) is 0. The number of hydrogen-bond donors (Lipinski definition) is 0. The molecule has 0 N–H and O–H groups in total. The van der Waals surface area contributed by atoms with Crippen molar-refractivity contribution < 1.29 is 137 Å². The Morgan fingerprint density at radius 3 is 0.250 bits per heavy atom. The molecule has 0 spiro atoms. The predicted molar refractivity (Wildman–Crippen MR) is 51.3 cm³/mol. The van der Waals surface area contributed by atoms with Crippen LogP contribution in [0.4, 0.5) is 0 Å². The molecule has 0 atom stereocenters. The molecule has 0 aliphatic carbocycles. The van der Waals surface area contributed by atoms with Crippen LogP contribution in [0.2, 0.25) is 0 Å². The summed E-state index contributed by atoms with van der Waals surface area (Å²) in [7, 11) is 0. The van der Waals surface area contributed by atoms with E-state index in [1.807, 2.05) is 0 Å². The fourth-order valence-electron chi connectivity index (χ4n) is 0. The summed E-state index contributed by atoms with van der Waals surface area (Å²) in [4.78, 5) is 0. The molecule has 16 heavy (non-hydrogen) atoms. The average molecular weight is 629 g/mol. The molecule has 4 radical (unpaired) electrons. The Bertz CT molecular complexity index is 16.0. The van der Waals surface area contributed by atoms with Gasteiger partial charge in [-0.3, -0.25) is 0 Å². The van der Waals surface area contributed by atoms with Crippen LogP contribution in [0.15, 0.2) is 0 Å². The molecule has 0 saturated heterocycles. The van der Waals surface area contributed by atoms with Gasteiger partial charge in [0.25, 0.3) is 0 Å². The van der Waals surface area contributed by atoms with E-state index in [0.717, 1.165) is 0 Å². The molecular formula is C8H24Cu8. The first-order valence-corrected chi connectivity index (χ1v) is 0. The minimum atomic E-state index is 0. The van der Waals surface area contributed by atoms with E-state index in [1.165, 1.54) is 0 Å². The van der Waals surface area contributed by atoms with E-state index >= 15 is 0 Å². The van der Waals surface area contributed by atoms with Gasteiger partial charge < -0.3 is 59.4 Å². The smallest absolute Gasteiger partial charge is 0.358 e. The molecule has 0 aromatic carbocycles. The topological polar surface area (TPSA) is 0 Å². The molecule has 0 aliphatic heterocycles. The van der Waals surface area contributed by atoms with Crippen LogP contribution >= 0.6 is 0 Å². The van der Waals surface area contributed by atoms with Gasteiger partial charge in [0.15, 0.2) is 0 Å². The van der Waals surface area contributed by atoms with Crippen molar-refractivity contribution in [2.75, 3.05) is 0 Å². The molecule has 0 amide bonds. The van der Waals surface area contributed by atoms with Gasteiger partial charge in [-0.1, -0.05) is 0 Å². The van der Waals surface area contributed by atoms with E-state index in [2.05, 4.69) is 0 Å². The Kier molecular flexibility index (Phi) is 9790. The van der Waals surface area contributed by atoms with E-state index in [0.29, 0.717) is 0 Å². The van der Waals surface area contributed by atoms with Crippen molar-refractivity contribution in [3.8, 4) is 0 Å². The molecule has 0 rings (SSSR count).